The Bertz CT molecular complexity index is 1070. The third-order valence-corrected chi connectivity index (χ3v) is 6.52. The smallest absolute Gasteiger partial charge is 0.104 e. The molecule has 0 saturated carbocycles. The minimum atomic E-state index is -1.72. The van der Waals surface area contributed by atoms with Gasteiger partial charge < -0.3 is 0 Å². The van der Waals surface area contributed by atoms with Crippen LogP contribution in [0.1, 0.15) is 0 Å². The molecule has 1 heterocycles. The summed E-state index contributed by atoms with van der Waals surface area (Å²) in [5.74, 6) is 0. The maximum absolute atomic E-state index is 5.27. The van der Waals surface area contributed by atoms with E-state index in [-0.39, 0.29) is 0 Å². The summed E-state index contributed by atoms with van der Waals surface area (Å²) in [6.07, 6.45) is 0. The molecule has 0 radical (unpaired) electrons. The summed E-state index contributed by atoms with van der Waals surface area (Å²) >= 11 is 0. The van der Waals surface area contributed by atoms with E-state index in [1.165, 1.54) is 0 Å². The average molecular weight is 381 g/mol. The fourth-order valence-corrected chi connectivity index (χ4v) is 4.71. The zero-order valence-corrected chi connectivity index (χ0v) is 17.6. The number of hydrogen-bond donors (Lipinski definition) is 0. The van der Waals surface area contributed by atoms with Crippen LogP contribution in [-0.2, 0) is 0 Å². The van der Waals surface area contributed by atoms with Gasteiger partial charge in [0.25, 0.3) is 0 Å². The molecule has 4 aromatic rings. The van der Waals surface area contributed by atoms with E-state index in [1.54, 1.807) is 0 Å². The quantitative estimate of drug-likeness (QED) is 0.404. The molecule has 4 rings (SSSR count). The monoisotopic (exact) mass is 380 g/mol. The van der Waals surface area contributed by atoms with Crippen LogP contribution >= 0.6 is 0 Å². The maximum Gasteiger partial charge on any atom is 0.104 e. The fraction of sp³-hybridized carbons (Fsp3) is 0.120. The number of nitrogens with zero attached hydrogens (tertiary/aromatic N) is 2. The van der Waals surface area contributed by atoms with E-state index in [0.717, 1.165) is 39.1 Å². The van der Waals surface area contributed by atoms with Crippen molar-refractivity contribution in [2.45, 2.75) is 19.6 Å². The first-order chi connectivity index (χ1) is 13.5. The van der Waals surface area contributed by atoms with E-state index < -0.39 is 8.07 Å². The highest BCUT2D eigenvalue weighted by atomic mass is 28.3. The van der Waals surface area contributed by atoms with Gasteiger partial charge in [0.15, 0.2) is 0 Å². The number of rotatable bonds is 4. The van der Waals surface area contributed by atoms with Crippen molar-refractivity contribution >= 4 is 13.4 Å². The van der Waals surface area contributed by atoms with Crippen molar-refractivity contribution in [1.29, 1.82) is 0 Å². The Kier molecular flexibility index (Phi) is 4.93. The lowest BCUT2D eigenvalue weighted by Gasteiger charge is -2.22. The molecule has 0 unspecified atom stereocenters. The first kappa shape index (κ1) is 18.3. The van der Waals surface area contributed by atoms with Crippen LogP contribution in [-0.4, -0.2) is 18.0 Å². The van der Waals surface area contributed by atoms with Crippen LogP contribution in [0, 0.1) is 0 Å². The summed E-state index contributed by atoms with van der Waals surface area (Å²) in [4.78, 5) is 10.5. The lowest BCUT2D eigenvalue weighted by atomic mass is 10.0. The number of aromatic nitrogens is 2. The minimum Gasteiger partial charge on any atom is -0.253 e. The van der Waals surface area contributed by atoms with Crippen LogP contribution in [0.5, 0.6) is 0 Å². The molecular formula is C25H24N2Si. The highest BCUT2D eigenvalue weighted by Crippen LogP contribution is 2.31. The molecule has 0 aliphatic carbocycles. The Balaban J connectivity index is 2.06. The summed E-state index contributed by atoms with van der Waals surface area (Å²) in [5.41, 5.74) is 6.24. The standard InChI is InChI=1S/C25H24N2Si/c1-28(2,3)25-24(21-17-11-6-12-18-21)26-22(19-13-7-4-8-14-19)23(27-25)20-15-9-5-10-16-20/h4-18H,1-3H3. The second kappa shape index (κ2) is 7.53. The Labute approximate surface area is 168 Å². The van der Waals surface area contributed by atoms with Gasteiger partial charge in [-0.1, -0.05) is 111 Å². The van der Waals surface area contributed by atoms with Crippen molar-refractivity contribution in [2.24, 2.45) is 0 Å². The van der Waals surface area contributed by atoms with Gasteiger partial charge in [-0.15, -0.1) is 0 Å². The van der Waals surface area contributed by atoms with Gasteiger partial charge in [0.1, 0.15) is 8.07 Å². The van der Waals surface area contributed by atoms with Crippen molar-refractivity contribution in [3.8, 4) is 33.8 Å². The molecule has 1 aromatic heterocycles. The van der Waals surface area contributed by atoms with Gasteiger partial charge in [0.05, 0.1) is 17.1 Å². The zero-order chi connectivity index (χ0) is 19.6. The van der Waals surface area contributed by atoms with Crippen molar-refractivity contribution < 1.29 is 0 Å². The van der Waals surface area contributed by atoms with Crippen LogP contribution in [0.25, 0.3) is 33.8 Å². The van der Waals surface area contributed by atoms with Gasteiger partial charge in [0.2, 0.25) is 0 Å². The van der Waals surface area contributed by atoms with Gasteiger partial charge in [-0.05, 0) is 0 Å². The zero-order valence-electron chi connectivity index (χ0n) is 16.6. The maximum atomic E-state index is 5.27. The molecule has 0 amide bonds. The third kappa shape index (κ3) is 3.66. The molecule has 0 aliphatic rings. The predicted molar refractivity (Wildman–Crippen MR) is 121 cm³/mol. The molecule has 0 saturated heterocycles. The number of hydrogen-bond acceptors (Lipinski definition) is 2. The second-order valence-electron chi connectivity index (χ2n) is 7.97. The topological polar surface area (TPSA) is 25.8 Å². The summed E-state index contributed by atoms with van der Waals surface area (Å²) in [5, 5.41) is 1.15. The highest BCUT2D eigenvalue weighted by Gasteiger charge is 2.27. The van der Waals surface area contributed by atoms with Crippen molar-refractivity contribution in [2.75, 3.05) is 0 Å². The molecule has 3 aromatic carbocycles. The van der Waals surface area contributed by atoms with Crippen LogP contribution < -0.4 is 5.32 Å². The van der Waals surface area contributed by atoms with E-state index in [4.69, 9.17) is 9.97 Å². The molecule has 3 heteroatoms. The van der Waals surface area contributed by atoms with Crippen molar-refractivity contribution in [3.63, 3.8) is 0 Å². The molecule has 0 atom stereocenters. The Morgan fingerprint density at radius 3 is 1.21 bits per heavy atom. The van der Waals surface area contributed by atoms with Crippen LogP contribution in [0.2, 0.25) is 19.6 Å². The highest BCUT2D eigenvalue weighted by molar-refractivity contribution is 6.89. The Hall–Kier alpha value is -3.04. The lowest BCUT2D eigenvalue weighted by molar-refractivity contribution is 1.24. The first-order valence-electron chi connectivity index (χ1n) is 9.63. The Morgan fingerprint density at radius 2 is 0.821 bits per heavy atom. The summed E-state index contributed by atoms with van der Waals surface area (Å²) in [7, 11) is -1.72. The van der Waals surface area contributed by atoms with E-state index in [2.05, 4.69) is 92.4 Å². The number of benzene rings is 3. The van der Waals surface area contributed by atoms with E-state index >= 15 is 0 Å². The molecule has 2 nitrogen and oxygen atoms in total. The summed E-state index contributed by atoms with van der Waals surface area (Å²) in [6.45, 7) is 7.00. The normalized spacial score (nSPS) is 11.4. The van der Waals surface area contributed by atoms with Crippen molar-refractivity contribution in [1.82, 2.24) is 9.97 Å². The fourth-order valence-electron chi connectivity index (χ4n) is 3.35. The van der Waals surface area contributed by atoms with Crippen LogP contribution in [0.15, 0.2) is 91.0 Å². The molecule has 0 bridgehead atoms. The van der Waals surface area contributed by atoms with E-state index in [9.17, 15) is 0 Å². The van der Waals surface area contributed by atoms with Crippen molar-refractivity contribution in [3.05, 3.63) is 91.0 Å². The third-order valence-electron chi connectivity index (χ3n) is 4.75. The molecular weight excluding hydrogens is 356 g/mol. The van der Waals surface area contributed by atoms with E-state index in [0.29, 0.717) is 0 Å². The molecule has 28 heavy (non-hydrogen) atoms. The summed E-state index contributed by atoms with van der Waals surface area (Å²) < 4.78 is 0. The summed E-state index contributed by atoms with van der Waals surface area (Å²) in [6, 6.07) is 31.2. The van der Waals surface area contributed by atoms with Gasteiger partial charge in [-0.25, -0.2) is 4.98 Å². The van der Waals surface area contributed by atoms with Gasteiger partial charge in [-0.3, -0.25) is 4.98 Å². The van der Waals surface area contributed by atoms with Crippen LogP contribution in [0.4, 0.5) is 0 Å². The molecule has 0 fully saturated rings. The SMILES string of the molecule is C[Si](C)(C)c1nc(-c2ccccc2)c(-c2ccccc2)nc1-c1ccccc1. The van der Waals surface area contributed by atoms with Gasteiger partial charge in [-0.2, -0.15) is 0 Å². The predicted octanol–water partition coefficient (Wildman–Crippen LogP) is 6.02. The minimum absolute atomic E-state index is 0.938. The molecule has 138 valence electrons. The first-order valence-corrected chi connectivity index (χ1v) is 13.1. The van der Waals surface area contributed by atoms with Crippen LogP contribution in [0.3, 0.4) is 0 Å². The average Bonchev–Trinajstić information content (AvgIpc) is 2.74. The second-order valence-corrected chi connectivity index (χ2v) is 12.9. The molecule has 0 aliphatic heterocycles. The largest absolute Gasteiger partial charge is 0.253 e. The van der Waals surface area contributed by atoms with Gasteiger partial charge >= 0.3 is 0 Å². The van der Waals surface area contributed by atoms with Gasteiger partial charge in [0, 0.05) is 22.0 Å². The molecule has 0 spiro atoms. The Morgan fingerprint density at radius 1 is 0.464 bits per heavy atom. The van der Waals surface area contributed by atoms with E-state index in [1.807, 2.05) is 18.2 Å². The lowest BCUT2D eigenvalue weighted by Crippen LogP contribution is -2.42. The molecule has 0 N–H and O–H groups in total.